The minimum atomic E-state index is -0.236. The molecule has 98 valence electrons. The van der Waals surface area contributed by atoms with Crippen molar-refractivity contribution >= 4 is 21.8 Å². The van der Waals surface area contributed by atoms with Crippen molar-refractivity contribution in [2.45, 2.75) is 13.5 Å². The van der Waals surface area contributed by atoms with Crippen molar-refractivity contribution in [3.05, 3.63) is 34.1 Å². The highest BCUT2D eigenvalue weighted by molar-refractivity contribution is 9.10. The van der Waals surface area contributed by atoms with Crippen LogP contribution < -0.4 is 0 Å². The van der Waals surface area contributed by atoms with Crippen molar-refractivity contribution in [3.8, 4) is 0 Å². The Morgan fingerprint density at radius 1 is 1.33 bits per heavy atom. The average molecular weight is 315 g/mol. The fourth-order valence-corrected chi connectivity index (χ4v) is 2.54. The molecular weight excluding hydrogens is 299 g/mol. The Labute approximate surface area is 115 Å². The summed E-state index contributed by atoms with van der Waals surface area (Å²) >= 11 is 3.19. The summed E-state index contributed by atoms with van der Waals surface area (Å²) < 4.78 is 13.6. The van der Waals surface area contributed by atoms with E-state index in [9.17, 15) is 9.18 Å². The van der Waals surface area contributed by atoms with Gasteiger partial charge in [0.15, 0.2) is 0 Å². The molecule has 3 nitrogen and oxygen atoms in total. The first-order chi connectivity index (χ1) is 8.56. The molecule has 0 N–H and O–H groups in total. The third-order valence-electron chi connectivity index (χ3n) is 3.21. The molecule has 0 saturated carbocycles. The van der Waals surface area contributed by atoms with Crippen molar-refractivity contribution in [1.82, 2.24) is 9.80 Å². The maximum Gasteiger partial charge on any atom is 0.219 e. The van der Waals surface area contributed by atoms with E-state index in [0.717, 1.165) is 38.3 Å². The summed E-state index contributed by atoms with van der Waals surface area (Å²) in [4.78, 5) is 15.3. The Bertz CT molecular complexity index is 445. The van der Waals surface area contributed by atoms with Gasteiger partial charge in [0.1, 0.15) is 5.82 Å². The molecule has 1 aromatic carbocycles. The molecule has 5 heteroatoms. The van der Waals surface area contributed by atoms with Crippen LogP contribution in [0.2, 0.25) is 0 Å². The second-order valence-corrected chi connectivity index (χ2v) is 5.39. The van der Waals surface area contributed by atoms with E-state index in [1.807, 2.05) is 11.0 Å². The zero-order valence-corrected chi connectivity index (χ0v) is 11.9. The van der Waals surface area contributed by atoms with E-state index in [2.05, 4.69) is 20.8 Å². The predicted octanol–water partition coefficient (Wildman–Crippen LogP) is 2.25. The first-order valence-electron chi connectivity index (χ1n) is 5.98. The number of hydrogen-bond acceptors (Lipinski definition) is 2. The van der Waals surface area contributed by atoms with Gasteiger partial charge in [-0.1, -0.05) is 6.07 Å². The summed E-state index contributed by atoms with van der Waals surface area (Å²) in [5.41, 5.74) is 1.08. The molecule has 18 heavy (non-hydrogen) atoms. The number of nitrogens with zero attached hydrogens (tertiary/aromatic N) is 2. The molecule has 0 aromatic heterocycles. The standard InChI is InChI=1S/C13H16BrFN2O/c1-10(18)17-6-4-16(5-7-17)9-11-2-3-13(15)12(14)8-11/h2-3,8H,4-7,9H2,1H3. The number of carbonyl (C=O) groups excluding carboxylic acids is 1. The van der Waals surface area contributed by atoms with Gasteiger partial charge in [-0.3, -0.25) is 9.69 Å². The number of halogens is 2. The number of hydrogen-bond donors (Lipinski definition) is 0. The predicted molar refractivity (Wildman–Crippen MR) is 71.6 cm³/mol. The van der Waals surface area contributed by atoms with E-state index < -0.39 is 0 Å². The lowest BCUT2D eigenvalue weighted by Gasteiger charge is -2.34. The third-order valence-corrected chi connectivity index (χ3v) is 3.82. The molecule has 1 heterocycles. The van der Waals surface area contributed by atoms with Gasteiger partial charge in [0.05, 0.1) is 4.47 Å². The van der Waals surface area contributed by atoms with Gasteiger partial charge in [0.25, 0.3) is 0 Å². The van der Waals surface area contributed by atoms with Crippen LogP contribution in [-0.4, -0.2) is 41.9 Å². The summed E-state index contributed by atoms with van der Waals surface area (Å²) in [6.45, 7) is 5.69. The highest BCUT2D eigenvalue weighted by atomic mass is 79.9. The molecule has 1 aliphatic heterocycles. The number of benzene rings is 1. The molecule has 1 saturated heterocycles. The average Bonchev–Trinajstić information content (AvgIpc) is 2.34. The van der Waals surface area contributed by atoms with E-state index in [1.165, 1.54) is 6.07 Å². The Balaban J connectivity index is 1.91. The lowest BCUT2D eigenvalue weighted by Crippen LogP contribution is -2.47. The lowest BCUT2D eigenvalue weighted by molar-refractivity contribution is -0.130. The SMILES string of the molecule is CC(=O)N1CCN(Cc2ccc(F)c(Br)c2)CC1. The molecule has 0 aliphatic carbocycles. The van der Waals surface area contributed by atoms with E-state index in [0.29, 0.717) is 4.47 Å². The summed E-state index contributed by atoms with van der Waals surface area (Å²) in [7, 11) is 0. The monoisotopic (exact) mass is 314 g/mol. The minimum absolute atomic E-state index is 0.138. The van der Waals surface area contributed by atoms with E-state index in [-0.39, 0.29) is 11.7 Å². The van der Waals surface area contributed by atoms with Crippen LogP contribution in [-0.2, 0) is 11.3 Å². The van der Waals surface area contributed by atoms with Crippen LogP contribution in [0, 0.1) is 5.82 Å². The van der Waals surface area contributed by atoms with Gasteiger partial charge in [0, 0.05) is 39.6 Å². The molecule has 2 rings (SSSR count). The number of carbonyl (C=O) groups is 1. The van der Waals surface area contributed by atoms with Gasteiger partial charge >= 0.3 is 0 Å². The van der Waals surface area contributed by atoms with Crippen molar-refractivity contribution in [1.29, 1.82) is 0 Å². The van der Waals surface area contributed by atoms with Gasteiger partial charge in [-0.25, -0.2) is 4.39 Å². The molecule has 0 unspecified atom stereocenters. The van der Waals surface area contributed by atoms with Crippen LogP contribution >= 0.6 is 15.9 Å². The molecule has 0 atom stereocenters. The van der Waals surface area contributed by atoms with E-state index >= 15 is 0 Å². The fourth-order valence-electron chi connectivity index (χ4n) is 2.12. The Morgan fingerprint density at radius 2 is 2.00 bits per heavy atom. The van der Waals surface area contributed by atoms with Gasteiger partial charge in [0.2, 0.25) is 5.91 Å². The normalized spacial score (nSPS) is 16.9. The largest absolute Gasteiger partial charge is 0.340 e. The number of piperazine rings is 1. The first kappa shape index (κ1) is 13.5. The minimum Gasteiger partial charge on any atom is -0.340 e. The van der Waals surface area contributed by atoms with Gasteiger partial charge in [-0.2, -0.15) is 0 Å². The van der Waals surface area contributed by atoms with Gasteiger partial charge in [-0.05, 0) is 33.6 Å². The lowest BCUT2D eigenvalue weighted by atomic mass is 10.2. The highest BCUT2D eigenvalue weighted by Gasteiger charge is 2.18. The summed E-state index contributed by atoms with van der Waals surface area (Å²) in [6, 6.07) is 5.09. The summed E-state index contributed by atoms with van der Waals surface area (Å²) in [6.07, 6.45) is 0. The maximum atomic E-state index is 13.1. The van der Waals surface area contributed by atoms with Crippen LogP contribution in [0.3, 0.4) is 0 Å². The Hall–Kier alpha value is -0.940. The fraction of sp³-hybridized carbons (Fsp3) is 0.462. The van der Waals surface area contributed by atoms with Crippen molar-refractivity contribution < 1.29 is 9.18 Å². The molecule has 0 bridgehead atoms. The highest BCUT2D eigenvalue weighted by Crippen LogP contribution is 2.18. The molecule has 1 aliphatic rings. The number of rotatable bonds is 2. The summed E-state index contributed by atoms with van der Waals surface area (Å²) in [5, 5.41) is 0. The van der Waals surface area contributed by atoms with Crippen LogP contribution in [0.4, 0.5) is 4.39 Å². The Morgan fingerprint density at radius 3 is 2.56 bits per heavy atom. The second-order valence-electron chi connectivity index (χ2n) is 4.53. The zero-order valence-electron chi connectivity index (χ0n) is 10.3. The summed E-state index contributed by atoms with van der Waals surface area (Å²) in [5.74, 6) is -0.0978. The maximum absolute atomic E-state index is 13.1. The smallest absolute Gasteiger partial charge is 0.219 e. The van der Waals surface area contributed by atoms with Crippen molar-refractivity contribution in [3.63, 3.8) is 0 Å². The molecule has 1 amide bonds. The van der Waals surface area contributed by atoms with E-state index in [1.54, 1.807) is 13.0 Å². The van der Waals surface area contributed by atoms with Crippen LogP contribution in [0.5, 0.6) is 0 Å². The number of amides is 1. The zero-order chi connectivity index (χ0) is 13.1. The molecule has 1 fully saturated rings. The van der Waals surface area contributed by atoms with Crippen molar-refractivity contribution in [2.24, 2.45) is 0 Å². The quantitative estimate of drug-likeness (QED) is 0.836. The van der Waals surface area contributed by atoms with Crippen LogP contribution in [0.15, 0.2) is 22.7 Å². The molecule has 0 spiro atoms. The topological polar surface area (TPSA) is 23.6 Å². The van der Waals surface area contributed by atoms with Crippen LogP contribution in [0.25, 0.3) is 0 Å². The van der Waals surface area contributed by atoms with Gasteiger partial charge in [-0.15, -0.1) is 0 Å². The molecule has 1 aromatic rings. The Kier molecular flexibility index (Phi) is 4.35. The molecule has 0 radical (unpaired) electrons. The van der Waals surface area contributed by atoms with E-state index in [4.69, 9.17) is 0 Å². The van der Waals surface area contributed by atoms with Gasteiger partial charge < -0.3 is 4.90 Å². The second kappa shape index (κ2) is 5.80. The third kappa shape index (κ3) is 3.29. The first-order valence-corrected chi connectivity index (χ1v) is 6.77. The molecular formula is C13H16BrFN2O. The van der Waals surface area contributed by atoms with Crippen LogP contribution in [0.1, 0.15) is 12.5 Å². The van der Waals surface area contributed by atoms with Crippen molar-refractivity contribution in [2.75, 3.05) is 26.2 Å².